The van der Waals surface area contributed by atoms with Gasteiger partial charge in [0.25, 0.3) is 0 Å². The summed E-state index contributed by atoms with van der Waals surface area (Å²) in [7, 11) is 3.52. The molecule has 0 radical (unpaired) electrons. The SMILES string of the molecule is COCc1ccc(CN2C[C@H](OC)C[C@H]2c2nc(C)c(C)[nH]2)cc1. The van der Waals surface area contributed by atoms with Crippen molar-refractivity contribution in [2.75, 3.05) is 20.8 Å². The highest BCUT2D eigenvalue weighted by atomic mass is 16.5. The van der Waals surface area contributed by atoms with Crippen LogP contribution in [0.2, 0.25) is 0 Å². The van der Waals surface area contributed by atoms with Crippen LogP contribution in [0.5, 0.6) is 0 Å². The highest BCUT2D eigenvalue weighted by Gasteiger charge is 2.35. The summed E-state index contributed by atoms with van der Waals surface area (Å²) in [6, 6.07) is 8.92. The molecule has 0 aliphatic carbocycles. The van der Waals surface area contributed by atoms with Crippen molar-refractivity contribution < 1.29 is 9.47 Å². The van der Waals surface area contributed by atoms with E-state index in [4.69, 9.17) is 14.5 Å². The van der Waals surface area contributed by atoms with Gasteiger partial charge in [-0.3, -0.25) is 4.90 Å². The lowest BCUT2D eigenvalue weighted by Gasteiger charge is -2.22. The molecule has 1 aromatic carbocycles. The van der Waals surface area contributed by atoms with E-state index in [1.54, 1.807) is 14.2 Å². The van der Waals surface area contributed by atoms with Crippen molar-refractivity contribution in [2.24, 2.45) is 0 Å². The van der Waals surface area contributed by atoms with E-state index in [0.717, 1.165) is 36.7 Å². The number of methoxy groups -OCH3 is 2. The Bertz CT molecular complexity index is 646. The number of aromatic nitrogens is 2. The van der Waals surface area contributed by atoms with Gasteiger partial charge in [0.1, 0.15) is 5.82 Å². The minimum absolute atomic E-state index is 0.258. The van der Waals surface area contributed by atoms with E-state index in [0.29, 0.717) is 6.61 Å². The van der Waals surface area contributed by atoms with E-state index in [1.165, 1.54) is 11.1 Å². The van der Waals surface area contributed by atoms with Crippen molar-refractivity contribution >= 4 is 0 Å². The van der Waals surface area contributed by atoms with E-state index in [-0.39, 0.29) is 12.1 Å². The Hall–Kier alpha value is -1.69. The Kier molecular flexibility index (Phi) is 5.33. The zero-order valence-electron chi connectivity index (χ0n) is 15.0. The summed E-state index contributed by atoms with van der Waals surface area (Å²) < 4.78 is 10.8. The highest BCUT2D eigenvalue weighted by Crippen LogP contribution is 2.33. The number of aromatic amines is 1. The molecule has 2 aromatic rings. The van der Waals surface area contributed by atoms with Crippen molar-refractivity contribution in [1.29, 1.82) is 0 Å². The van der Waals surface area contributed by atoms with E-state index in [1.807, 2.05) is 0 Å². The first-order chi connectivity index (χ1) is 11.6. The van der Waals surface area contributed by atoms with Crippen LogP contribution in [-0.4, -0.2) is 41.7 Å². The molecular weight excluding hydrogens is 302 g/mol. The molecule has 1 N–H and O–H groups in total. The molecule has 3 rings (SSSR count). The molecule has 24 heavy (non-hydrogen) atoms. The number of rotatable bonds is 6. The molecule has 1 aliphatic heterocycles. The number of nitrogens with zero attached hydrogens (tertiary/aromatic N) is 2. The molecular formula is C19H27N3O2. The van der Waals surface area contributed by atoms with Crippen molar-refractivity contribution in [3.8, 4) is 0 Å². The summed E-state index contributed by atoms with van der Waals surface area (Å²) in [4.78, 5) is 10.6. The van der Waals surface area contributed by atoms with Crippen LogP contribution in [-0.2, 0) is 22.6 Å². The van der Waals surface area contributed by atoms with Gasteiger partial charge in [0.2, 0.25) is 0 Å². The van der Waals surface area contributed by atoms with Gasteiger partial charge in [-0.15, -0.1) is 0 Å². The van der Waals surface area contributed by atoms with Crippen LogP contribution in [0.1, 0.15) is 40.8 Å². The van der Waals surface area contributed by atoms with E-state index in [2.05, 4.69) is 48.0 Å². The van der Waals surface area contributed by atoms with E-state index >= 15 is 0 Å². The van der Waals surface area contributed by atoms with E-state index in [9.17, 15) is 0 Å². The first kappa shape index (κ1) is 17.1. The second kappa shape index (κ2) is 7.47. The maximum Gasteiger partial charge on any atom is 0.124 e. The molecule has 2 atom stereocenters. The summed E-state index contributed by atoms with van der Waals surface area (Å²) >= 11 is 0. The van der Waals surface area contributed by atoms with Gasteiger partial charge in [0, 0.05) is 33.0 Å². The predicted octanol–water partition coefficient (Wildman–Crippen LogP) is 3.13. The molecule has 1 aliphatic rings. The summed E-state index contributed by atoms with van der Waals surface area (Å²) in [6.07, 6.45) is 1.23. The van der Waals surface area contributed by atoms with Crippen molar-refractivity contribution in [2.45, 2.75) is 45.6 Å². The smallest absolute Gasteiger partial charge is 0.124 e. The zero-order chi connectivity index (χ0) is 17.1. The fourth-order valence-electron chi connectivity index (χ4n) is 3.37. The average Bonchev–Trinajstić information content (AvgIpc) is 3.13. The summed E-state index contributed by atoms with van der Waals surface area (Å²) in [5.41, 5.74) is 4.73. The number of H-pyrrole nitrogens is 1. The van der Waals surface area contributed by atoms with Gasteiger partial charge in [0.15, 0.2) is 0 Å². The topological polar surface area (TPSA) is 50.4 Å². The van der Waals surface area contributed by atoms with Crippen LogP contribution in [0.15, 0.2) is 24.3 Å². The average molecular weight is 329 g/mol. The number of ether oxygens (including phenoxy) is 2. The predicted molar refractivity (Wildman–Crippen MR) is 93.8 cm³/mol. The van der Waals surface area contributed by atoms with Crippen LogP contribution in [0.25, 0.3) is 0 Å². The van der Waals surface area contributed by atoms with E-state index < -0.39 is 0 Å². The summed E-state index contributed by atoms with van der Waals surface area (Å²) in [5.74, 6) is 1.06. The number of hydrogen-bond acceptors (Lipinski definition) is 4. The largest absolute Gasteiger partial charge is 0.380 e. The molecule has 5 heteroatoms. The standard InChI is InChI=1S/C19H27N3O2/c1-13-14(2)21-19(20-13)18-9-17(24-4)11-22(18)10-15-5-7-16(8-6-15)12-23-3/h5-8,17-18H,9-12H2,1-4H3,(H,20,21)/t17-,18+/m1/s1. The maximum atomic E-state index is 5.62. The lowest BCUT2D eigenvalue weighted by atomic mass is 10.1. The Morgan fingerprint density at radius 1 is 1.17 bits per heavy atom. The number of likely N-dealkylation sites (tertiary alicyclic amines) is 1. The molecule has 0 spiro atoms. The Morgan fingerprint density at radius 2 is 1.88 bits per heavy atom. The van der Waals surface area contributed by atoms with Gasteiger partial charge in [-0.05, 0) is 31.4 Å². The van der Waals surface area contributed by atoms with Crippen LogP contribution < -0.4 is 0 Å². The fraction of sp³-hybridized carbons (Fsp3) is 0.526. The summed E-state index contributed by atoms with van der Waals surface area (Å²) in [5, 5.41) is 0. The molecule has 1 aromatic heterocycles. The quantitative estimate of drug-likeness (QED) is 0.884. The molecule has 1 saturated heterocycles. The molecule has 5 nitrogen and oxygen atoms in total. The van der Waals surface area contributed by atoms with Crippen LogP contribution in [0.3, 0.4) is 0 Å². The normalized spacial score (nSPS) is 21.5. The summed E-state index contributed by atoms with van der Waals surface area (Å²) in [6.45, 7) is 6.62. The highest BCUT2D eigenvalue weighted by molar-refractivity contribution is 5.23. The third kappa shape index (κ3) is 3.69. The second-order valence-electron chi connectivity index (χ2n) is 6.62. The van der Waals surface area contributed by atoms with Crippen molar-refractivity contribution in [3.05, 3.63) is 52.6 Å². The number of benzene rings is 1. The number of imidazole rings is 1. The third-order valence-corrected chi connectivity index (χ3v) is 4.88. The molecule has 2 heterocycles. The van der Waals surface area contributed by atoms with Crippen molar-refractivity contribution in [1.82, 2.24) is 14.9 Å². The van der Waals surface area contributed by atoms with Gasteiger partial charge in [-0.25, -0.2) is 4.98 Å². The fourth-order valence-corrected chi connectivity index (χ4v) is 3.37. The zero-order valence-corrected chi connectivity index (χ0v) is 15.0. The lowest BCUT2D eigenvalue weighted by Crippen LogP contribution is -2.25. The Morgan fingerprint density at radius 3 is 2.46 bits per heavy atom. The minimum Gasteiger partial charge on any atom is -0.380 e. The number of nitrogens with one attached hydrogen (secondary N) is 1. The molecule has 1 fully saturated rings. The monoisotopic (exact) mass is 329 g/mol. The van der Waals surface area contributed by atoms with Gasteiger partial charge in [0.05, 0.1) is 24.4 Å². The van der Waals surface area contributed by atoms with Crippen LogP contribution >= 0.6 is 0 Å². The lowest BCUT2D eigenvalue weighted by molar-refractivity contribution is 0.107. The van der Waals surface area contributed by atoms with Crippen LogP contribution in [0.4, 0.5) is 0 Å². The van der Waals surface area contributed by atoms with Crippen molar-refractivity contribution in [3.63, 3.8) is 0 Å². The number of aryl methyl sites for hydroxylation is 2. The Labute approximate surface area is 144 Å². The molecule has 0 bridgehead atoms. The maximum absolute atomic E-state index is 5.62. The molecule has 0 unspecified atom stereocenters. The van der Waals surface area contributed by atoms with Gasteiger partial charge in [-0.1, -0.05) is 24.3 Å². The molecule has 0 saturated carbocycles. The van der Waals surface area contributed by atoms with Gasteiger partial charge in [-0.2, -0.15) is 0 Å². The molecule has 130 valence electrons. The molecule has 0 amide bonds. The Balaban J connectivity index is 1.76. The van der Waals surface area contributed by atoms with Gasteiger partial charge >= 0.3 is 0 Å². The van der Waals surface area contributed by atoms with Crippen LogP contribution in [0, 0.1) is 13.8 Å². The first-order valence-electron chi connectivity index (χ1n) is 8.47. The first-order valence-corrected chi connectivity index (χ1v) is 8.47. The second-order valence-corrected chi connectivity index (χ2v) is 6.62. The third-order valence-electron chi connectivity index (χ3n) is 4.88. The number of hydrogen-bond donors (Lipinski definition) is 1. The minimum atomic E-state index is 0.258. The van der Waals surface area contributed by atoms with Gasteiger partial charge < -0.3 is 14.5 Å².